The van der Waals surface area contributed by atoms with E-state index < -0.39 is 10.8 Å². The van der Waals surface area contributed by atoms with Gasteiger partial charge in [0.25, 0.3) is 0 Å². The SMILES string of the molecule is CC(C)(C)/C=N/c1ccc(C(c2ccc(/N=C/c3ccc(-c4ccc(/C=N/c5ccc(C(c6ccc(/N=C/C(C)(C)C)cc6)(c6ccc(/N=C/C(C)(C)C)cc6)c6ccc(/N=C/C(C)(C)C)cc6)cc5)cc4)cc3)cc2)(c2ccc(/N=C/C(C)(C)C)cc2)c2ccc(/N=C/C(C)(C)C)cc2)cc1. The monoisotopic (exact) mass is 1340 g/mol. The zero-order valence-electron chi connectivity index (χ0n) is 63.3. The first-order chi connectivity index (χ1) is 48.2. The Hall–Kier alpha value is -10.4. The average Bonchev–Trinajstić information content (AvgIpc) is 0.739. The third kappa shape index (κ3) is 20.0. The van der Waals surface area contributed by atoms with Crippen molar-refractivity contribution >= 4 is 95.2 Å². The fourth-order valence-electron chi connectivity index (χ4n) is 11.8. The molecule has 102 heavy (non-hydrogen) atoms. The van der Waals surface area contributed by atoms with E-state index in [2.05, 4.69) is 367 Å². The molecule has 0 saturated heterocycles. The summed E-state index contributed by atoms with van der Waals surface area (Å²) in [6.45, 7) is 39.0. The predicted molar refractivity (Wildman–Crippen MR) is 442 cm³/mol. The number of benzene rings is 10. The average molecular weight is 1340 g/mol. The van der Waals surface area contributed by atoms with Crippen LogP contribution in [-0.4, -0.2) is 49.7 Å². The summed E-state index contributed by atoms with van der Waals surface area (Å²) >= 11 is 0. The zero-order valence-corrected chi connectivity index (χ0v) is 63.3. The van der Waals surface area contributed by atoms with Gasteiger partial charge in [-0.25, -0.2) is 0 Å². The molecular formula is C94H102N8. The molecule has 8 nitrogen and oxygen atoms in total. The second-order valence-electron chi connectivity index (χ2n) is 33.4. The summed E-state index contributed by atoms with van der Waals surface area (Å²) in [5.74, 6) is 0. The van der Waals surface area contributed by atoms with Gasteiger partial charge in [-0.1, -0.05) is 270 Å². The van der Waals surface area contributed by atoms with Crippen molar-refractivity contribution in [2.24, 2.45) is 72.4 Å². The van der Waals surface area contributed by atoms with Crippen LogP contribution < -0.4 is 0 Å². The molecule has 0 aliphatic heterocycles. The van der Waals surface area contributed by atoms with Gasteiger partial charge in [0.2, 0.25) is 0 Å². The van der Waals surface area contributed by atoms with Crippen LogP contribution in [0.15, 0.2) is 283 Å². The number of nitrogens with zero attached hydrogens (tertiary/aromatic N) is 8. The quantitative estimate of drug-likeness (QED) is 0.0569. The smallest absolute Gasteiger partial charge is 0.0701 e. The van der Waals surface area contributed by atoms with E-state index in [1.54, 1.807) is 0 Å². The molecule has 10 aromatic rings. The molecule has 0 fully saturated rings. The molecule has 0 aliphatic carbocycles. The van der Waals surface area contributed by atoms with Crippen molar-refractivity contribution in [3.63, 3.8) is 0 Å². The van der Waals surface area contributed by atoms with Crippen molar-refractivity contribution in [3.05, 3.63) is 298 Å². The maximum absolute atomic E-state index is 5.04. The van der Waals surface area contributed by atoms with Crippen LogP contribution in [0, 0.1) is 32.5 Å². The van der Waals surface area contributed by atoms with E-state index in [1.807, 2.05) is 49.7 Å². The van der Waals surface area contributed by atoms with E-state index in [1.165, 1.54) is 0 Å². The molecule has 0 aliphatic rings. The van der Waals surface area contributed by atoms with Crippen molar-refractivity contribution in [2.45, 2.75) is 135 Å². The van der Waals surface area contributed by atoms with Gasteiger partial charge < -0.3 is 0 Å². The standard InChI is InChI=1S/C94H102N8/c1-87(2,3)61-97-81-47-31-73(32-48-81)93(74-33-49-82(50-34-74)98-62-88(4,5)6,75-35-51-83(52-36-75)99-63-89(7,8)9)71-27-43-79(44-28-71)95-59-67-19-23-69(24-20-67)70-25-21-68(22-26-70)60-96-80-45-29-72(30-46-80)94(76-37-53-84(54-38-76)100-64-90(10,11)12,77-39-55-85(56-40-77)101-65-91(13,14)15)78-41-57-86(58-42-78)102-66-92(16,17)18/h19-66H,1-18H3/b95-59+,96-60+,97-61+,98-62+,99-63+,100-64+,101-65+,102-66+. The molecule has 10 aromatic carbocycles. The van der Waals surface area contributed by atoms with E-state index in [9.17, 15) is 0 Å². The summed E-state index contributed by atoms with van der Waals surface area (Å²) < 4.78 is 0. The molecule has 8 heteroatoms. The van der Waals surface area contributed by atoms with Crippen LogP contribution in [0.5, 0.6) is 0 Å². The first kappa shape index (κ1) is 74.3. The Morgan fingerprint density at radius 2 is 0.304 bits per heavy atom. The highest BCUT2D eigenvalue weighted by atomic mass is 14.8. The van der Waals surface area contributed by atoms with E-state index >= 15 is 0 Å². The van der Waals surface area contributed by atoms with E-state index in [-0.39, 0.29) is 32.5 Å². The molecule has 0 N–H and O–H groups in total. The van der Waals surface area contributed by atoms with Gasteiger partial charge in [0, 0.05) is 49.7 Å². The van der Waals surface area contributed by atoms with Crippen LogP contribution in [0.4, 0.5) is 45.5 Å². The summed E-state index contributed by atoms with van der Waals surface area (Å²) in [5, 5.41) is 0. The Labute approximate surface area is 609 Å². The molecule has 0 amide bonds. The second-order valence-corrected chi connectivity index (χ2v) is 33.4. The molecule has 0 heterocycles. The lowest BCUT2D eigenvalue weighted by molar-refractivity contribution is 0.607. The lowest BCUT2D eigenvalue weighted by Gasteiger charge is -2.37. The van der Waals surface area contributed by atoms with Crippen LogP contribution in [0.25, 0.3) is 11.1 Å². The Morgan fingerprint density at radius 1 is 0.167 bits per heavy atom. The first-order valence-corrected chi connectivity index (χ1v) is 35.6. The first-order valence-electron chi connectivity index (χ1n) is 35.6. The van der Waals surface area contributed by atoms with E-state index in [0.29, 0.717) is 0 Å². The maximum atomic E-state index is 5.04. The van der Waals surface area contributed by atoms with Gasteiger partial charge in [-0.2, -0.15) is 0 Å². The van der Waals surface area contributed by atoms with Crippen molar-refractivity contribution in [1.82, 2.24) is 0 Å². The van der Waals surface area contributed by atoms with Gasteiger partial charge in [0.15, 0.2) is 0 Å². The highest BCUT2D eigenvalue weighted by Crippen LogP contribution is 2.49. The third-order valence-corrected chi connectivity index (χ3v) is 16.9. The molecule has 0 unspecified atom stereocenters. The molecule has 0 spiro atoms. The Bertz CT molecular complexity index is 4030. The molecule has 0 bridgehead atoms. The third-order valence-electron chi connectivity index (χ3n) is 16.9. The van der Waals surface area contributed by atoms with Crippen LogP contribution >= 0.6 is 0 Å². The number of hydrogen-bond acceptors (Lipinski definition) is 8. The van der Waals surface area contributed by atoms with Gasteiger partial charge in [-0.05, 0) is 196 Å². The molecular weight excluding hydrogens is 1240 g/mol. The normalized spacial score (nSPS) is 13.5. The predicted octanol–water partition coefficient (Wildman–Crippen LogP) is 26.1. The molecule has 0 radical (unpaired) electrons. The van der Waals surface area contributed by atoms with E-state index in [4.69, 9.17) is 39.9 Å². The Kier molecular flexibility index (Phi) is 22.4. The van der Waals surface area contributed by atoms with Gasteiger partial charge in [-0.3, -0.25) is 39.9 Å². The number of rotatable bonds is 19. The van der Waals surface area contributed by atoms with E-state index in [0.717, 1.165) is 112 Å². The Morgan fingerprint density at radius 3 is 0.441 bits per heavy atom. The molecule has 0 aromatic heterocycles. The van der Waals surface area contributed by atoms with Crippen LogP contribution in [0.3, 0.4) is 0 Å². The van der Waals surface area contributed by atoms with Crippen LogP contribution in [-0.2, 0) is 10.8 Å². The molecule has 10 rings (SSSR count). The minimum Gasteiger partial charge on any atom is -0.261 e. The van der Waals surface area contributed by atoms with Crippen molar-refractivity contribution in [2.75, 3.05) is 0 Å². The fourth-order valence-corrected chi connectivity index (χ4v) is 11.8. The summed E-state index contributed by atoms with van der Waals surface area (Å²) in [4.78, 5) is 39.4. The van der Waals surface area contributed by atoms with Gasteiger partial charge in [0.1, 0.15) is 0 Å². The summed E-state index contributed by atoms with van der Waals surface area (Å²) in [5.41, 5.74) is 18.4. The maximum Gasteiger partial charge on any atom is 0.0701 e. The second kappa shape index (κ2) is 30.8. The minimum atomic E-state index is -0.735. The summed E-state index contributed by atoms with van der Waals surface area (Å²) in [7, 11) is 0. The fraction of sp³-hybridized carbons (Fsp3) is 0.277. The number of hydrogen-bond donors (Lipinski definition) is 0. The van der Waals surface area contributed by atoms with Gasteiger partial charge in [-0.15, -0.1) is 0 Å². The largest absolute Gasteiger partial charge is 0.261 e. The van der Waals surface area contributed by atoms with Crippen molar-refractivity contribution in [3.8, 4) is 11.1 Å². The summed E-state index contributed by atoms with van der Waals surface area (Å²) in [6.07, 6.45) is 16.0. The molecule has 0 saturated carbocycles. The lowest BCUT2D eigenvalue weighted by Crippen LogP contribution is -2.30. The highest BCUT2D eigenvalue weighted by molar-refractivity contribution is 5.85. The number of aliphatic imine (C=N–C) groups is 8. The van der Waals surface area contributed by atoms with Crippen molar-refractivity contribution in [1.29, 1.82) is 0 Å². The topological polar surface area (TPSA) is 98.9 Å². The van der Waals surface area contributed by atoms with Gasteiger partial charge >= 0.3 is 0 Å². The van der Waals surface area contributed by atoms with Gasteiger partial charge in [0.05, 0.1) is 56.3 Å². The lowest BCUT2D eigenvalue weighted by atomic mass is 9.65. The highest BCUT2D eigenvalue weighted by Gasteiger charge is 2.40. The molecule has 518 valence electrons. The Balaban J connectivity index is 0.913. The zero-order chi connectivity index (χ0) is 73.1. The minimum absolute atomic E-state index is 0.0533. The van der Waals surface area contributed by atoms with Crippen LogP contribution in [0.1, 0.15) is 180 Å². The summed E-state index contributed by atoms with van der Waals surface area (Å²) in [6, 6.07) is 86.7. The molecule has 0 atom stereocenters. The van der Waals surface area contributed by atoms with Crippen molar-refractivity contribution < 1.29 is 0 Å². The van der Waals surface area contributed by atoms with Crippen LogP contribution in [0.2, 0.25) is 0 Å².